The number of hydrogen-bond acceptors (Lipinski definition) is 5. The number of rotatable bonds is 8. The lowest BCUT2D eigenvalue weighted by Gasteiger charge is -2.36. The molecule has 1 aliphatic heterocycles. The maximum absolute atomic E-state index is 13.2. The molecule has 1 heterocycles. The number of amides is 3. The van der Waals surface area contributed by atoms with Crippen LogP contribution in [0.5, 0.6) is 5.75 Å². The lowest BCUT2D eigenvalue weighted by Crippen LogP contribution is -2.47. The molecule has 190 valence electrons. The molecule has 2 N–H and O–H groups in total. The van der Waals surface area contributed by atoms with Crippen LogP contribution in [0.3, 0.4) is 0 Å². The van der Waals surface area contributed by atoms with E-state index < -0.39 is 12.0 Å². The van der Waals surface area contributed by atoms with E-state index in [-0.39, 0.29) is 18.5 Å². The number of nitrogens with zero attached hydrogens (tertiary/aromatic N) is 1. The first kappa shape index (κ1) is 25.5. The van der Waals surface area contributed by atoms with E-state index in [9.17, 15) is 14.4 Å². The van der Waals surface area contributed by atoms with Crippen molar-refractivity contribution in [3.63, 3.8) is 0 Å². The van der Waals surface area contributed by atoms with Crippen molar-refractivity contribution in [1.29, 1.82) is 0 Å². The molecule has 1 atom stereocenters. The van der Waals surface area contributed by atoms with Gasteiger partial charge in [-0.3, -0.25) is 9.69 Å². The number of nitrogens with one attached hydrogen (secondary N) is 2. The molecule has 37 heavy (non-hydrogen) atoms. The van der Waals surface area contributed by atoms with Crippen LogP contribution in [-0.2, 0) is 9.53 Å². The average molecular weight is 500 g/mol. The van der Waals surface area contributed by atoms with Gasteiger partial charge in [-0.15, -0.1) is 0 Å². The Morgan fingerprint density at radius 2 is 1.62 bits per heavy atom. The van der Waals surface area contributed by atoms with Gasteiger partial charge in [-0.1, -0.05) is 42.5 Å². The first-order chi connectivity index (χ1) is 18.0. The molecule has 0 saturated carbocycles. The molecule has 0 fully saturated rings. The number of carbonyl (C=O) groups excluding carboxylic acids is 3. The second-order valence-corrected chi connectivity index (χ2v) is 8.28. The Kier molecular flexibility index (Phi) is 7.88. The van der Waals surface area contributed by atoms with Crippen molar-refractivity contribution in [2.75, 3.05) is 25.6 Å². The number of benzene rings is 3. The first-order valence-electron chi connectivity index (χ1n) is 12.1. The molecular weight excluding hydrogens is 470 g/mol. The monoisotopic (exact) mass is 499 g/mol. The largest absolute Gasteiger partial charge is 0.497 e. The average Bonchev–Trinajstić information content (AvgIpc) is 2.93. The Hall–Kier alpha value is -4.59. The fraction of sp³-hybridized carbons (Fsp3) is 0.207. The summed E-state index contributed by atoms with van der Waals surface area (Å²) in [6.45, 7) is 4.18. The molecule has 1 unspecified atom stereocenters. The Labute approximate surface area is 215 Å². The zero-order chi connectivity index (χ0) is 26.4. The summed E-state index contributed by atoms with van der Waals surface area (Å²) in [7, 11) is 1.57. The number of anilines is 1. The van der Waals surface area contributed by atoms with E-state index in [2.05, 4.69) is 10.6 Å². The second-order valence-electron chi connectivity index (χ2n) is 8.28. The van der Waals surface area contributed by atoms with Crippen molar-refractivity contribution in [3.8, 4) is 5.75 Å². The van der Waals surface area contributed by atoms with E-state index in [1.165, 1.54) is 0 Å². The van der Waals surface area contributed by atoms with Gasteiger partial charge in [0.05, 0.1) is 31.0 Å². The summed E-state index contributed by atoms with van der Waals surface area (Å²) in [5.41, 5.74) is 3.37. The minimum absolute atomic E-state index is 0.202. The quantitative estimate of drug-likeness (QED) is 0.425. The summed E-state index contributed by atoms with van der Waals surface area (Å²) in [5.74, 6) is -0.0995. The Bertz CT molecular complexity index is 1300. The van der Waals surface area contributed by atoms with Crippen molar-refractivity contribution >= 4 is 29.3 Å². The van der Waals surface area contributed by atoms with Crippen LogP contribution < -0.4 is 15.4 Å². The number of hydrogen-bond donors (Lipinski definition) is 2. The van der Waals surface area contributed by atoms with E-state index in [0.29, 0.717) is 40.4 Å². The van der Waals surface area contributed by atoms with Gasteiger partial charge in [0.25, 0.3) is 5.91 Å². The molecule has 0 spiro atoms. The highest BCUT2D eigenvalue weighted by Crippen LogP contribution is 2.36. The molecule has 0 saturated heterocycles. The number of carbonyl (C=O) groups is 3. The molecule has 3 aromatic rings. The van der Waals surface area contributed by atoms with Gasteiger partial charge in [0.15, 0.2) is 0 Å². The van der Waals surface area contributed by atoms with E-state index in [0.717, 1.165) is 5.56 Å². The van der Waals surface area contributed by atoms with Gasteiger partial charge in [0, 0.05) is 17.8 Å². The van der Waals surface area contributed by atoms with Crippen LogP contribution in [0.1, 0.15) is 41.4 Å². The minimum atomic E-state index is -0.726. The molecule has 0 aliphatic carbocycles. The molecule has 3 aromatic carbocycles. The number of urea groups is 1. The first-order valence-corrected chi connectivity index (χ1v) is 12.1. The van der Waals surface area contributed by atoms with Gasteiger partial charge in [-0.2, -0.15) is 0 Å². The summed E-state index contributed by atoms with van der Waals surface area (Å²) < 4.78 is 10.5. The van der Waals surface area contributed by atoms with E-state index in [4.69, 9.17) is 9.47 Å². The highest BCUT2D eigenvalue weighted by molar-refractivity contribution is 6.05. The summed E-state index contributed by atoms with van der Waals surface area (Å²) in [5, 5.41) is 5.81. The molecule has 8 heteroatoms. The maximum Gasteiger partial charge on any atom is 0.338 e. The van der Waals surface area contributed by atoms with Crippen molar-refractivity contribution in [3.05, 3.63) is 101 Å². The fourth-order valence-electron chi connectivity index (χ4n) is 4.24. The van der Waals surface area contributed by atoms with Gasteiger partial charge in [0.2, 0.25) is 0 Å². The standard InChI is InChI=1S/C29H29N3O5/c1-4-32-26(20-9-7-6-8-10-20)24(28(34)37-5-2)25(31-29(32)35)19-11-15-22(16-12-19)30-27(33)21-13-17-23(36-3)18-14-21/h6-18,25H,4-5H2,1-3H3,(H,30,33)(H,31,35). The predicted molar refractivity (Wildman–Crippen MR) is 141 cm³/mol. The van der Waals surface area contributed by atoms with E-state index >= 15 is 0 Å². The summed E-state index contributed by atoms with van der Waals surface area (Å²) in [6.07, 6.45) is 0. The molecule has 0 aromatic heterocycles. The second kappa shape index (κ2) is 11.4. The molecule has 1 aliphatic rings. The lowest BCUT2D eigenvalue weighted by atomic mass is 9.91. The van der Waals surface area contributed by atoms with Gasteiger partial charge in [-0.25, -0.2) is 9.59 Å². The van der Waals surface area contributed by atoms with Crippen LogP contribution in [0.2, 0.25) is 0 Å². The van der Waals surface area contributed by atoms with E-state index in [1.54, 1.807) is 67.5 Å². The SMILES string of the molecule is CCOC(=O)C1=C(c2ccccc2)N(CC)C(=O)NC1c1ccc(NC(=O)c2ccc(OC)cc2)cc1. The number of ether oxygens (including phenoxy) is 2. The van der Waals surface area contributed by atoms with Gasteiger partial charge in [0.1, 0.15) is 5.75 Å². The van der Waals surface area contributed by atoms with Crippen LogP contribution in [0.4, 0.5) is 10.5 Å². The van der Waals surface area contributed by atoms with Gasteiger partial charge in [-0.05, 0) is 61.4 Å². The Balaban J connectivity index is 1.68. The van der Waals surface area contributed by atoms with Gasteiger partial charge >= 0.3 is 12.0 Å². The van der Waals surface area contributed by atoms with Crippen LogP contribution in [0.25, 0.3) is 5.70 Å². The minimum Gasteiger partial charge on any atom is -0.497 e. The predicted octanol–water partition coefficient (Wildman–Crippen LogP) is 5.01. The molecule has 8 nitrogen and oxygen atoms in total. The van der Waals surface area contributed by atoms with Crippen LogP contribution in [0, 0.1) is 0 Å². The van der Waals surface area contributed by atoms with E-state index in [1.807, 2.05) is 37.3 Å². The van der Waals surface area contributed by atoms with Crippen LogP contribution in [-0.4, -0.2) is 43.1 Å². The third-order valence-corrected chi connectivity index (χ3v) is 6.04. The zero-order valence-electron chi connectivity index (χ0n) is 21.0. The summed E-state index contributed by atoms with van der Waals surface area (Å²) in [6, 6.07) is 22.1. The van der Waals surface area contributed by atoms with Crippen molar-refractivity contribution in [2.24, 2.45) is 0 Å². The smallest absolute Gasteiger partial charge is 0.338 e. The lowest BCUT2D eigenvalue weighted by molar-refractivity contribution is -0.138. The number of esters is 1. The number of methoxy groups -OCH3 is 1. The van der Waals surface area contributed by atoms with Gasteiger partial charge < -0.3 is 20.1 Å². The molecular formula is C29H29N3O5. The zero-order valence-corrected chi connectivity index (χ0v) is 21.0. The third kappa shape index (κ3) is 5.48. The third-order valence-electron chi connectivity index (χ3n) is 6.04. The van der Waals surface area contributed by atoms with Crippen molar-refractivity contribution < 1.29 is 23.9 Å². The highest BCUT2D eigenvalue weighted by Gasteiger charge is 2.38. The highest BCUT2D eigenvalue weighted by atomic mass is 16.5. The Morgan fingerprint density at radius 3 is 2.22 bits per heavy atom. The normalized spacial score (nSPS) is 15.2. The fourth-order valence-corrected chi connectivity index (χ4v) is 4.24. The maximum atomic E-state index is 13.2. The molecule has 4 rings (SSSR count). The van der Waals surface area contributed by atoms with Crippen LogP contribution in [0.15, 0.2) is 84.4 Å². The molecule has 0 bridgehead atoms. The Morgan fingerprint density at radius 1 is 0.946 bits per heavy atom. The topological polar surface area (TPSA) is 97.0 Å². The molecule has 0 radical (unpaired) electrons. The molecule has 3 amide bonds. The van der Waals surface area contributed by atoms with Crippen LogP contribution >= 0.6 is 0 Å². The van der Waals surface area contributed by atoms with Crippen molar-refractivity contribution in [1.82, 2.24) is 10.2 Å². The van der Waals surface area contributed by atoms with Crippen molar-refractivity contribution in [2.45, 2.75) is 19.9 Å². The summed E-state index contributed by atoms with van der Waals surface area (Å²) in [4.78, 5) is 40.5. The summed E-state index contributed by atoms with van der Waals surface area (Å²) >= 11 is 0.